The summed E-state index contributed by atoms with van der Waals surface area (Å²) in [7, 11) is -3.66. The van der Waals surface area contributed by atoms with Crippen molar-refractivity contribution in [2.75, 3.05) is 11.9 Å². The van der Waals surface area contributed by atoms with Crippen LogP contribution in [0, 0.1) is 6.92 Å². The number of benzene rings is 3. The Balaban J connectivity index is 1.32. The number of carbonyl (C=O) groups excluding carboxylic acids is 2. The highest BCUT2D eigenvalue weighted by Crippen LogP contribution is 2.30. The van der Waals surface area contributed by atoms with E-state index in [0.717, 1.165) is 11.1 Å². The molecule has 0 aromatic heterocycles. The molecule has 9 heteroatoms. The fourth-order valence-corrected chi connectivity index (χ4v) is 4.67. The molecule has 1 unspecified atom stereocenters. The van der Waals surface area contributed by atoms with Gasteiger partial charge >= 0.3 is 5.97 Å². The SMILES string of the molecule is Cc1ccc(CNC(=O)COC(=O)c2ccc(C3Nc4ccccc4S(=O)(=O)N3)cc2)cc1. The van der Waals surface area contributed by atoms with E-state index in [-0.39, 0.29) is 10.5 Å². The Morgan fingerprint density at radius 2 is 1.67 bits per heavy atom. The molecule has 0 radical (unpaired) electrons. The molecule has 3 aromatic carbocycles. The lowest BCUT2D eigenvalue weighted by molar-refractivity contribution is -0.124. The van der Waals surface area contributed by atoms with E-state index in [0.29, 0.717) is 17.8 Å². The molecule has 3 N–H and O–H groups in total. The molecule has 3 aromatic rings. The summed E-state index contributed by atoms with van der Waals surface area (Å²) in [6, 6.07) is 20.7. The third-order valence-corrected chi connectivity index (χ3v) is 6.65. The summed E-state index contributed by atoms with van der Waals surface area (Å²) in [5.74, 6) is -1.05. The number of amides is 1. The van der Waals surface area contributed by atoms with Crippen LogP contribution in [0.25, 0.3) is 0 Å². The van der Waals surface area contributed by atoms with E-state index in [1.807, 2.05) is 31.2 Å². The number of sulfonamides is 1. The lowest BCUT2D eigenvalue weighted by Gasteiger charge is -2.28. The lowest BCUT2D eigenvalue weighted by atomic mass is 10.1. The Kier molecular flexibility index (Phi) is 6.43. The smallest absolute Gasteiger partial charge is 0.338 e. The number of ether oxygens (including phenoxy) is 1. The first kappa shape index (κ1) is 22.5. The lowest BCUT2D eigenvalue weighted by Crippen LogP contribution is -2.38. The second-order valence-electron chi connectivity index (χ2n) is 7.66. The van der Waals surface area contributed by atoms with Crippen LogP contribution in [0.4, 0.5) is 5.69 Å². The van der Waals surface area contributed by atoms with Crippen molar-refractivity contribution in [2.45, 2.75) is 24.5 Å². The summed E-state index contributed by atoms with van der Waals surface area (Å²) >= 11 is 0. The van der Waals surface area contributed by atoms with Gasteiger partial charge in [0.1, 0.15) is 11.1 Å². The van der Waals surface area contributed by atoms with E-state index in [1.165, 1.54) is 18.2 Å². The molecule has 4 rings (SSSR count). The second kappa shape index (κ2) is 9.43. The average molecular weight is 466 g/mol. The van der Waals surface area contributed by atoms with E-state index in [1.54, 1.807) is 30.3 Å². The molecule has 8 nitrogen and oxygen atoms in total. The number of anilines is 1. The first-order valence-electron chi connectivity index (χ1n) is 10.3. The number of aryl methyl sites for hydroxylation is 1. The molecule has 1 amide bonds. The monoisotopic (exact) mass is 465 g/mol. The van der Waals surface area contributed by atoms with Crippen LogP contribution in [0.1, 0.15) is 33.2 Å². The van der Waals surface area contributed by atoms with Gasteiger partial charge in [-0.05, 0) is 42.3 Å². The van der Waals surface area contributed by atoms with Crippen LogP contribution in [-0.4, -0.2) is 26.9 Å². The highest BCUT2D eigenvalue weighted by Gasteiger charge is 2.29. The maximum Gasteiger partial charge on any atom is 0.338 e. The number of hydrogen-bond acceptors (Lipinski definition) is 6. The molecule has 0 saturated heterocycles. The molecule has 1 aliphatic rings. The third-order valence-electron chi connectivity index (χ3n) is 5.17. The Morgan fingerprint density at radius 1 is 0.970 bits per heavy atom. The molecule has 33 heavy (non-hydrogen) atoms. The minimum absolute atomic E-state index is 0.183. The van der Waals surface area contributed by atoms with Gasteiger partial charge in [0.15, 0.2) is 6.61 Å². The zero-order valence-electron chi connectivity index (χ0n) is 17.9. The molecule has 1 heterocycles. The highest BCUT2D eigenvalue weighted by atomic mass is 32.2. The number of esters is 1. The van der Waals surface area contributed by atoms with Gasteiger partial charge in [-0.2, -0.15) is 4.72 Å². The van der Waals surface area contributed by atoms with Crippen molar-refractivity contribution in [1.29, 1.82) is 0 Å². The van der Waals surface area contributed by atoms with Crippen LogP contribution in [0.2, 0.25) is 0 Å². The predicted octanol–water partition coefficient (Wildman–Crippen LogP) is 2.87. The summed E-state index contributed by atoms with van der Waals surface area (Å²) in [5.41, 5.74) is 3.46. The first-order valence-corrected chi connectivity index (χ1v) is 11.8. The van der Waals surface area contributed by atoms with Crippen molar-refractivity contribution in [3.8, 4) is 0 Å². The summed E-state index contributed by atoms with van der Waals surface area (Å²) in [4.78, 5) is 24.4. The third kappa shape index (κ3) is 5.39. The molecule has 170 valence electrons. The second-order valence-corrected chi connectivity index (χ2v) is 9.34. The van der Waals surface area contributed by atoms with E-state index < -0.39 is 34.7 Å². The van der Waals surface area contributed by atoms with Crippen molar-refractivity contribution in [1.82, 2.24) is 10.0 Å². The van der Waals surface area contributed by atoms with Gasteiger partial charge in [0.2, 0.25) is 10.0 Å². The number of para-hydroxylation sites is 1. The first-order chi connectivity index (χ1) is 15.8. The fourth-order valence-electron chi connectivity index (χ4n) is 3.36. The average Bonchev–Trinajstić information content (AvgIpc) is 2.82. The molecule has 0 spiro atoms. The number of carbonyl (C=O) groups is 2. The van der Waals surface area contributed by atoms with E-state index in [4.69, 9.17) is 4.74 Å². The van der Waals surface area contributed by atoms with Gasteiger partial charge in [0, 0.05) is 6.54 Å². The normalized spacial score (nSPS) is 16.2. The maximum absolute atomic E-state index is 12.5. The minimum atomic E-state index is -3.66. The Hall–Kier alpha value is -3.69. The topological polar surface area (TPSA) is 114 Å². The zero-order chi connectivity index (χ0) is 23.4. The number of rotatable bonds is 6. The molecule has 1 aliphatic heterocycles. The summed E-state index contributed by atoms with van der Waals surface area (Å²) < 4.78 is 32.6. The molecule has 0 bridgehead atoms. The zero-order valence-corrected chi connectivity index (χ0v) is 18.7. The van der Waals surface area contributed by atoms with E-state index >= 15 is 0 Å². The minimum Gasteiger partial charge on any atom is -0.452 e. The highest BCUT2D eigenvalue weighted by molar-refractivity contribution is 7.89. The van der Waals surface area contributed by atoms with Gasteiger partial charge in [0.25, 0.3) is 5.91 Å². The van der Waals surface area contributed by atoms with Gasteiger partial charge in [-0.15, -0.1) is 0 Å². The summed E-state index contributed by atoms with van der Waals surface area (Å²) in [5, 5.41) is 5.83. The Bertz CT molecular complexity index is 1270. The van der Waals surface area contributed by atoms with E-state index in [9.17, 15) is 18.0 Å². The Labute approximate surface area is 192 Å². The van der Waals surface area contributed by atoms with Crippen molar-refractivity contribution < 1.29 is 22.7 Å². The standard InChI is InChI=1S/C24H23N3O5S/c1-16-6-8-17(9-7-16)14-25-22(28)15-32-24(29)19-12-10-18(11-13-19)23-26-20-4-2-3-5-21(20)33(30,31)27-23/h2-13,23,26-27H,14-15H2,1H3,(H,25,28). The van der Waals surface area contributed by atoms with Gasteiger partial charge in [-0.3, -0.25) is 4.79 Å². The van der Waals surface area contributed by atoms with Gasteiger partial charge in [0.05, 0.1) is 11.3 Å². The number of nitrogens with one attached hydrogen (secondary N) is 3. The maximum atomic E-state index is 12.5. The molecule has 0 fully saturated rings. The van der Waals surface area contributed by atoms with Crippen LogP contribution in [0.5, 0.6) is 0 Å². The van der Waals surface area contributed by atoms with Crippen molar-refractivity contribution >= 4 is 27.6 Å². The van der Waals surface area contributed by atoms with Crippen LogP contribution < -0.4 is 15.4 Å². The predicted molar refractivity (Wildman–Crippen MR) is 123 cm³/mol. The van der Waals surface area contributed by atoms with Crippen molar-refractivity contribution in [2.24, 2.45) is 0 Å². The van der Waals surface area contributed by atoms with Gasteiger partial charge < -0.3 is 15.4 Å². The van der Waals surface area contributed by atoms with Gasteiger partial charge in [-0.1, -0.05) is 54.1 Å². The quantitative estimate of drug-likeness (QED) is 0.483. The largest absolute Gasteiger partial charge is 0.452 e. The number of hydrogen-bond donors (Lipinski definition) is 3. The van der Waals surface area contributed by atoms with Crippen LogP contribution in [0.3, 0.4) is 0 Å². The van der Waals surface area contributed by atoms with Crippen molar-refractivity contribution in [3.05, 3.63) is 95.1 Å². The van der Waals surface area contributed by atoms with Gasteiger partial charge in [-0.25, -0.2) is 13.2 Å². The molecular weight excluding hydrogens is 442 g/mol. The van der Waals surface area contributed by atoms with Crippen molar-refractivity contribution in [3.63, 3.8) is 0 Å². The van der Waals surface area contributed by atoms with Crippen LogP contribution >= 0.6 is 0 Å². The molecule has 1 atom stereocenters. The fraction of sp³-hybridized carbons (Fsp3) is 0.167. The van der Waals surface area contributed by atoms with Crippen LogP contribution in [0.15, 0.2) is 77.7 Å². The molecule has 0 aliphatic carbocycles. The molecular formula is C24H23N3O5S. The number of fused-ring (bicyclic) bond motifs is 1. The van der Waals surface area contributed by atoms with E-state index in [2.05, 4.69) is 15.4 Å². The summed E-state index contributed by atoms with van der Waals surface area (Å²) in [6.45, 7) is 1.93. The summed E-state index contributed by atoms with van der Waals surface area (Å²) in [6.07, 6.45) is -0.678. The van der Waals surface area contributed by atoms with Crippen LogP contribution in [-0.2, 0) is 26.1 Å². The Morgan fingerprint density at radius 3 is 2.39 bits per heavy atom. The molecule has 0 saturated carbocycles.